The summed E-state index contributed by atoms with van der Waals surface area (Å²) in [6.45, 7) is 3.58. The third-order valence-electron chi connectivity index (χ3n) is 4.29. The molecule has 0 fully saturated rings. The van der Waals surface area contributed by atoms with Crippen molar-refractivity contribution in [3.63, 3.8) is 0 Å². The maximum atomic E-state index is 12.8. The molecule has 24 heavy (non-hydrogen) atoms. The molecule has 2 aromatic rings. The van der Waals surface area contributed by atoms with Crippen LogP contribution in [0.15, 0.2) is 42.6 Å². The number of nitrogens with one attached hydrogen (secondary N) is 2. The van der Waals surface area contributed by atoms with Gasteiger partial charge in [0.2, 0.25) is 11.8 Å². The quantitative estimate of drug-likeness (QED) is 0.900. The molecule has 0 saturated heterocycles. The molecule has 2 N–H and O–H groups in total. The molecule has 1 aromatic heterocycles. The van der Waals surface area contributed by atoms with Gasteiger partial charge in [-0.1, -0.05) is 35.9 Å². The normalized spacial score (nSPS) is 17.0. The van der Waals surface area contributed by atoms with Crippen molar-refractivity contribution < 1.29 is 9.59 Å². The first-order valence-corrected chi connectivity index (χ1v) is 8.08. The number of hydrogen-bond acceptors (Lipinski definition) is 3. The molecule has 124 valence electrons. The molecule has 0 radical (unpaired) electrons. The number of pyridine rings is 1. The van der Waals surface area contributed by atoms with Crippen LogP contribution in [0.1, 0.15) is 25.0 Å². The standard InChI is InChI=1S/C18H18ClN3O2/c1-18(2,12-7-3-4-8-13(12)19)17(24)21-14-10-11-6-5-9-20-15(11)22-16(14)23/h3-9,14H,10H2,1-2H3,(H,21,24)(H,20,22,23). The van der Waals surface area contributed by atoms with Gasteiger partial charge in [0, 0.05) is 17.6 Å². The Morgan fingerprint density at radius 1 is 1.29 bits per heavy atom. The highest BCUT2D eigenvalue weighted by atomic mass is 35.5. The van der Waals surface area contributed by atoms with E-state index in [-0.39, 0.29) is 11.8 Å². The Kier molecular flexibility index (Phi) is 4.28. The summed E-state index contributed by atoms with van der Waals surface area (Å²) < 4.78 is 0. The van der Waals surface area contributed by atoms with Gasteiger partial charge in [-0.3, -0.25) is 9.59 Å². The van der Waals surface area contributed by atoms with Crippen LogP contribution in [0.2, 0.25) is 5.02 Å². The molecule has 1 atom stereocenters. The van der Waals surface area contributed by atoms with Crippen LogP contribution in [0.3, 0.4) is 0 Å². The highest BCUT2D eigenvalue weighted by Crippen LogP contribution is 2.30. The van der Waals surface area contributed by atoms with Crippen molar-refractivity contribution in [1.82, 2.24) is 10.3 Å². The van der Waals surface area contributed by atoms with Gasteiger partial charge in [-0.05, 0) is 37.1 Å². The van der Waals surface area contributed by atoms with E-state index in [0.717, 1.165) is 11.1 Å². The second-order valence-corrected chi connectivity index (χ2v) is 6.74. The number of halogens is 1. The first kappa shape index (κ1) is 16.5. The lowest BCUT2D eigenvalue weighted by Crippen LogP contribution is -2.52. The van der Waals surface area contributed by atoms with Crippen LogP contribution >= 0.6 is 11.6 Å². The molecule has 0 spiro atoms. The van der Waals surface area contributed by atoms with Crippen LogP contribution in [0.25, 0.3) is 0 Å². The number of aromatic nitrogens is 1. The molecule has 0 saturated carbocycles. The largest absolute Gasteiger partial charge is 0.343 e. The number of carbonyl (C=O) groups is 2. The van der Waals surface area contributed by atoms with Gasteiger partial charge in [-0.25, -0.2) is 4.98 Å². The zero-order valence-corrected chi connectivity index (χ0v) is 14.2. The summed E-state index contributed by atoms with van der Waals surface area (Å²) in [6, 6.07) is 10.3. The maximum Gasteiger partial charge on any atom is 0.248 e. The predicted molar refractivity (Wildman–Crippen MR) is 93.0 cm³/mol. The second-order valence-electron chi connectivity index (χ2n) is 6.34. The van der Waals surface area contributed by atoms with E-state index < -0.39 is 11.5 Å². The third kappa shape index (κ3) is 2.99. The summed E-state index contributed by atoms with van der Waals surface area (Å²) in [6.07, 6.45) is 2.04. The van der Waals surface area contributed by atoms with Gasteiger partial charge in [0.15, 0.2) is 0 Å². The topological polar surface area (TPSA) is 71.1 Å². The van der Waals surface area contributed by atoms with Gasteiger partial charge >= 0.3 is 0 Å². The minimum Gasteiger partial charge on any atom is -0.343 e. The zero-order valence-electron chi connectivity index (χ0n) is 13.5. The van der Waals surface area contributed by atoms with E-state index in [1.54, 1.807) is 26.1 Å². The van der Waals surface area contributed by atoms with Crippen molar-refractivity contribution in [2.24, 2.45) is 0 Å². The Morgan fingerprint density at radius 3 is 2.79 bits per heavy atom. The van der Waals surface area contributed by atoms with E-state index in [1.165, 1.54) is 0 Å². The van der Waals surface area contributed by atoms with Gasteiger partial charge < -0.3 is 10.6 Å². The summed E-state index contributed by atoms with van der Waals surface area (Å²) >= 11 is 6.22. The van der Waals surface area contributed by atoms with Crippen LogP contribution in [-0.2, 0) is 21.4 Å². The smallest absolute Gasteiger partial charge is 0.248 e. The Morgan fingerprint density at radius 2 is 2.04 bits per heavy atom. The molecule has 3 rings (SSSR count). The minimum absolute atomic E-state index is 0.247. The fraction of sp³-hybridized carbons (Fsp3) is 0.278. The number of amides is 2. The van der Waals surface area contributed by atoms with Crippen molar-refractivity contribution in [1.29, 1.82) is 0 Å². The molecule has 1 aliphatic rings. The van der Waals surface area contributed by atoms with Gasteiger partial charge in [-0.15, -0.1) is 0 Å². The first-order valence-electron chi connectivity index (χ1n) is 7.70. The summed E-state index contributed by atoms with van der Waals surface area (Å²) in [5.41, 5.74) is 0.772. The minimum atomic E-state index is -0.853. The van der Waals surface area contributed by atoms with Crippen LogP contribution < -0.4 is 10.6 Å². The van der Waals surface area contributed by atoms with Crippen molar-refractivity contribution in [3.8, 4) is 0 Å². The lowest BCUT2D eigenvalue weighted by molar-refractivity contribution is -0.129. The number of fused-ring (bicyclic) bond motifs is 1. The lowest BCUT2D eigenvalue weighted by atomic mass is 9.83. The number of hydrogen-bond donors (Lipinski definition) is 2. The van der Waals surface area contributed by atoms with Crippen molar-refractivity contribution in [2.75, 3.05) is 5.32 Å². The number of benzene rings is 1. The molecule has 5 nitrogen and oxygen atoms in total. The van der Waals surface area contributed by atoms with Gasteiger partial charge in [-0.2, -0.15) is 0 Å². The fourth-order valence-corrected chi connectivity index (χ4v) is 3.15. The fourth-order valence-electron chi connectivity index (χ4n) is 2.78. The van der Waals surface area contributed by atoms with Crippen molar-refractivity contribution in [3.05, 3.63) is 58.7 Å². The average molecular weight is 344 g/mol. The van der Waals surface area contributed by atoms with Crippen LogP contribution in [-0.4, -0.2) is 22.8 Å². The van der Waals surface area contributed by atoms with Gasteiger partial charge in [0.05, 0.1) is 5.41 Å². The highest BCUT2D eigenvalue weighted by Gasteiger charge is 2.36. The number of rotatable bonds is 3. The first-order chi connectivity index (χ1) is 11.4. The maximum absolute atomic E-state index is 12.8. The molecule has 2 amide bonds. The molecule has 0 bridgehead atoms. The number of carbonyl (C=O) groups excluding carboxylic acids is 2. The van der Waals surface area contributed by atoms with Crippen molar-refractivity contribution >= 4 is 29.2 Å². The Labute approximate surface area is 145 Å². The molecule has 2 heterocycles. The number of nitrogens with zero attached hydrogens (tertiary/aromatic N) is 1. The molecular formula is C18H18ClN3O2. The molecule has 6 heteroatoms. The average Bonchev–Trinajstić information content (AvgIpc) is 2.55. The van der Waals surface area contributed by atoms with Gasteiger partial charge in [0.25, 0.3) is 0 Å². The van der Waals surface area contributed by atoms with E-state index >= 15 is 0 Å². The Balaban J connectivity index is 1.80. The second kappa shape index (κ2) is 6.24. The monoisotopic (exact) mass is 343 g/mol. The SMILES string of the molecule is CC(C)(C(=O)NC1Cc2cccnc2NC1=O)c1ccccc1Cl. The van der Waals surface area contributed by atoms with Crippen LogP contribution in [0.5, 0.6) is 0 Å². The Bertz CT molecular complexity index is 804. The third-order valence-corrected chi connectivity index (χ3v) is 4.62. The van der Waals surface area contributed by atoms with E-state index in [1.807, 2.05) is 30.3 Å². The zero-order chi connectivity index (χ0) is 17.3. The summed E-state index contributed by atoms with van der Waals surface area (Å²) in [4.78, 5) is 29.1. The van der Waals surface area contributed by atoms with E-state index in [4.69, 9.17) is 11.6 Å². The van der Waals surface area contributed by atoms with E-state index in [9.17, 15) is 9.59 Å². The summed E-state index contributed by atoms with van der Waals surface area (Å²) in [7, 11) is 0. The van der Waals surface area contributed by atoms with Crippen molar-refractivity contribution in [2.45, 2.75) is 31.7 Å². The van der Waals surface area contributed by atoms with Gasteiger partial charge in [0.1, 0.15) is 11.9 Å². The molecule has 0 aliphatic carbocycles. The summed E-state index contributed by atoms with van der Waals surface area (Å²) in [5, 5.41) is 6.09. The molecule has 1 aliphatic heterocycles. The highest BCUT2D eigenvalue weighted by molar-refractivity contribution is 6.31. The van der Waals surface area contributed by atoms with Crippen LogP contribution in [0.4, 0.5) is 5.82 Å². The Hall–Kier alpha value is -2.40. The molecular weight excluding hydrogens is 326 g/mol. The molecule has 1 unspecified atom stereocenters. The van der Waals surface area contributed by atoms with Crippen LogP contribution in [0, 0.1) is 0 Å². The number of anilines is 1. The van der Waals surface area contributed by atoms with E-state index in [2.05, 4.69) is 15.6 Å². The lowest BCUT2D eigenvalue weighted by Gasteiger charge is -2.30. The summed E-state index contributed by atoms with van der Waals surface area (Å²) in [5.74, 6) is 0.0472. The van der Waals surface area contributed by atoms with E-state index in [0.29, 0.717) is 17.3 Å². The molecule has 1 aromatic carbocycles. The predicted octanol–water partition coefficient (Wildman–Crippen LogP) is 2.69.